The number of aromatic nitrogens is 1. The zero-order chi connectivity index (χ0) is 10.6. The van der Waals surface area contributed by atoms with Crippen LogP contribution in [0.25, 0.3) is 0 Å². The Morgan fingerprint density at radius 1 is 1.36 bits per heavy atom. The number of pyridine rings is 1. The summed E-state index contributed by atoms with van der Waals surface area (Å²) in [4.78, 5) is 17.8. The Morgan fingerprint density at radius 2 is 2.00 bits per heavy atom. The maximum Gasteiger partial charge on any atom is 0.272 e. The van der Waals surface area contributed by atoms with Crippen LogP contribution in [-0.4, -0.2) is 28.9 Å². The van der Waals surface area contributed by atoms with Crippen molar-refractivity contribution in [3.8, 4) is 0 Å². The van der Waals surface area contributed by atoms with Gasteiger partial charge in [-0.2, -0.15) is 0 Å². The summed E-state index contributed by atoms with van der Waals surface area (Å²) < 4.78 is 0. The van der Waals surface area contributed by atoms with Gasteiger partial charge in [0.1, 0.15) is 5.69 Å². The summed E-state index contributed by atoms with van der Waals surface area (Å²) in [6.07, 6.45) is 0. The van der Waals surface area contributed by atoms with Crippen molar-refractivity contribution >= 4 is 5.91 Å². The van der Waals surface area contributed by atoms with Gasteiger partial charge in [0.05, 0.1) is 0 Å². The van der Waals surface area contributed by atoms with Gasteiger partial charge >= 0.3 is 0 Å². The van der Waals surface area contributed by atoms with Gasteiger partial charge in [-0.25, -0.2) is 4.98 Å². The SMILES string of the molecule is CCN(CC)C(=O)c1cccc(C)n1. The van der Waals surface area contributed by atoms with Crippen molar-refractivity contribution < 1.29 is 4.79 Å². The molecule has 1 amide bonds. The highest BCUT2D eigenvalue weighted by Crippen LogP contribution is 2.02. The highest BCUT2D eigenvalue weighted by atomic mass is 16.2. The zero-order valence-electron chi connectivity index (χ0n) is 8.95. The maximum atomic E-state index is 11.8. The van der Waals surface area contributed by atoms with Crippen LogP contribution in [0.1, 0.15) is 30.0 Å². The van der Waals surface area contributed by atoms with Crippen molar-refractivity contribution in [3.63, 3.8) is 0 Å². The summed E-state index contributed by atoms with van der Waals surface area (Å²) in [6.45, 7) is 7.28. The lowest BCUT2D eigenvalue weighted by molar-refractivity contribution is 0.0767. The number of nitrogens with zero attached hydrogens (tertiary/aromatic N) is 2. The van der Waals surface area contributed by atoms with Gasteiger partial charge in [-0.15, -0.1) is 0 Å². The molecule has 0 saturated heterocycles. The summed E-state index contributed by atoms with van der Waals surface area (Å²) in [5.74, 6) is 0.0127. The van der Waals surface area contributed by atoms with Crippen molar-refractivity contribution in [1.29, 1.82) is 0 Å². The van der Waals surface area contributed by atoms with Gasteiger partial charge in [0.15, 0.2) is 0 Å². The van der Waals surface area contributed by atoms with Gasteiger partial charge in [0.2, 0.25) is 0 Å². The Balaban J connectivity index is 2.88. The smallest absolute Gasteiger partial charge is 0.272 e. The fourth-order valence-electron chi connectivity index (χ4n) is 1.33. The first-order valence-electron chi connectivity index (χ1n) is 4.92. The van der Waals surface area contributed by atoms with Crippen LogP contribution in [0.4, 0.5) is 0 Å². The Hall–Kier alpha value is -1.38. The minimum absolute atomic E-state index is 0.0127. The van der Waals surface area contributed by atoms with E-state index < -0.39 is 0 Å². The van der Waals surface area contributed by atoms with E-state index in [1.165, 1.54) is 0 Å². The molecule has 1 aromatic heterocycles. The second-order valence-electron chi connectivity index (χ2n) is 3.14. The number of aryl methyl sites for hydroxylation is 1. The van der Waals surface area contributed by atoms with Crippen molar-refractivity contribution in [2.45, 2.75) is 20.8 Å². The molecular weight excluding hydrogens is 176 g/mol. The molecule has 1 rings (SSSR count). The molecule has 0 unspecified atom stereocenters. The van der Waals surface area contributed by atoms with Gasteiger partial charge in [-0.3, -0.25) is 4.79 Å². The fraction of sp³-hybridized carbons (Fsp3) is 0.455. The number of rotatable bonds is 3. The lowest BCUT2D eigenvalue weighted by Gasteiger charge is -2.17. The first-order valence-corrected chi connectivity index (χ1v) is 4.92. The average molecular weight is 192 g/mol. The van der Waals surface area contributed by atoms with Crippen LogP contribution >= 0.6 is 0 Å². The van der Waals surface area contributed by atoms with E-state index in [2.05, 4.69) is 4.98 Å². The predicted molar refractivity (Wildman–Crippen MR) is 56.2 cm³/mol. The van der Waals surface area contributed by atoms with E-state index in [1.807, 2.05) is 32.9 Å². The fourth-order valence-corrected chi connectivity index (χ4v) is 1.33. The number of amides is 1. The Bertz CT molecular complexity index is 319. The second kappa shape index (κ2) is 4.74. The Morgan fingerprint density at radius 3 is 2.50 bits per heavy atom. The van der Waals surface area contributed by atoms with E-state index >= 15 is 0 Å². The quantitative estimate of drug-likeness (QED) is 0.732. The molecular formula is C11H16N2O. The van der Waals surface area contributed by atoms with Gasteiger partial charge < -0.3 is 4.90 Å². The first-order chi connectivity index (χ1) is 6.69. The van der Waals surface area contributed by atoms with E-state index in [0.717, 1.165) is 18.8 Å². The number of carbonyl (C=O) groups is 1. The zero-order valence-corrected chi connectivity index (χ0v) is 8.95. The molecule has 3 nitrogen and oxygen atoms in total. The van der Waals surface area contributed by atoms with Crippen molar-refractivity contribution in [3.05, 3.63) is 29.6 Å². The summed E-state index contributed by atoms with van der Waals surface area (Å²) in [5.41, 5.74) is 1.41. The first kappa shape index (κ1) is 10.7. The van der Waals surface area contributed by atoms with E-state index in [1.54, 1.807) is 11.0 Å². The third kappa shape index (κ3) is 2.31. The van der Waals surface area contributed by atoms with Crippen LogP contribution in [0.2, 0.25) is 0 Å². The third-order valence-electron chi connectivity index (χ3n) is 2.16. The molecule has 0 bridgehead atoms. The summed E-state index contributed by atoms with van der Waals surface area (Å²) in [7, 11) is 0. The molecule has 0 radical (unpaired) electrons. The highest BCUT2D eigenvalue weighted by Gasteiger charge is 2.12. The van der Waals surface area contributed by atoms with E-state index in [4.69, 9.17) is 0 Å². The topological polar surface area (TPSA) is 33.2 Å². The molecule has 0 aliphatic carbocycles. The molecule has 0 fully saturated rings. The molecule has 0 saturated carbocycles. The lowest BCUT2D eigenvalue weighted by Crippen LogP contribution is -2.31. The Kier molecular flexibility index (Phi) is 3.63. The summed E-state index contributed by atoms with van der Waals surface area (Å²) in [5, 5.41) is 0. The van der Waals surface area contributed by atoms with Crippen molar-refractivity contribution in [2.75, 3.05) is 13.1 Å². The van der Waals surface area contributed by atoms with Crippen LogP contribution in [0.3, 0.4) is 0 Å². The number of hydrogen-bond acceptors (Lipinski definition) is 2. The van der Waals surface area contributed by atoms with Crippen LogP contribution in [0, 0.1) is 6.92 Å². The highest BCUT2D eigenvalue weighted by molar-refractivity contribution is 5.92. The van der Waals surface area contributed by atoms with Crippen LogP contribution < -0.4 is 0 Å². The van der Waals surface area contributed by atoms with Crippen LogP contribution in [-0.2, 0) is 0 Å². The average Bonchev–Trinajstić information content (AvgIpc) is 2.19. The lowest BCUT2D eigenvalue weighted by atomic mass is 10.3. The molecule has 1 aromatic rings. The molecule has 1 heterocycles. The third-order valence-corrected chi connectivity index (χ3v) is 2.16. The molecule has 3 heteroatoms. The minimum Gasteiger partial charge on any atom is -0.338 e. The standard InChI is InChI=1S/C11H16N2O/c1-4-13(5-2)11(14)10-8-6-7-9(3)12-10/h6-8H,4-5H2,1-3H3. The maximum absolute atomic E-state index is 11.8. The summed E-state index contributed by atoms with van der Waals surface area (Å²) in [6, 6.07) is 5.51. The van der Waals surface area contributed by atoms with E-state index in [9.17, 15) is 4.79 Å². The van der Waals surface area contributed by atoms with Gasteiger partial charge in [-0.05, 0) is 32.9 Å². The minimum atomic E-state index is 0.0127. The van der Waals surface area contributed by atoms with Crippen LogP contribution in [0.5, 0.6) is 0 Å². The molecule has 0 aliphatic rings. The normalized spacial score (nSPS) is 9.93. The second-order valence-corrected chi connectivity index (χ2v) is 3.14. The van der Waals surface area contributed by atoms with Gasteiger partial charge in [0.25, 0.3) is 5.91 Å². The largest absolute Gasteiger partial charge is 0.338 e. The molecule has 0 aliphatic heterocycles. The molecule has 14 heavy (non-hydrogen) atoms. The molecule has 0 N–H and O–H groups in total. The molecule has 0 spiro atoms. The van der Waals surface area contributed by atoms with Crippen molar-refractivity contribution in [1.82, 2.24) is 9.88 Å². The monoisotopic (exact) mass is 192 g/mol. The summed E-state index contributed by atoms with van der Waals surface area (Å²) >= 11 is 0. The Labute approximate surface area is 84.8 Å². The van der Waals surface area contributed by atoms with Crippen LogP contribution in [0.15, 0.2) is 18.2 Å². The number of carbonyl (C=O) groups excluding carboxylic acids is 1. The van der Waals surface area contributed by atoms with E-state index in [-0.39, 0.29) is 5.91 Å². The molecule has 0 aromatic carbocycles. The van der Waals surface area contributed by atoms with Gasteiger partial charge in [-0.1, -0.05) is 6.07 Å². The number of hydrogen-bond donors (Lipinski definition) is 0. The van der Waals surface area contributed by atoms with Gasteiger partial charge in [0, 0.05) is 18.8 Å². The predicted octanol–water partition coefficient (Wildman–Crippen LogP) is 1.87. The van der Waals surface area contributed by atoms with Crippen molar-refractivity contribution in [2.24, 2.45) is 0 Å². The molecule has 76 valence electrons. The molecule has 0 atom stereocenters. The van der Waals surface area contributed by atoms with E-state index in [0.29, 0.717) is 5.69 Å².